The minimum atomic E-state index is -5.31. The van der Waals surface area contributed by atoms with Crippen LogP contribution in [0.25, 0.3) is 0 Å². The third-order valence-corrected chi connectivity index (χ3v) is 4.77. The number of ketones is 2. The second kappa shape index (κ2) is 14.6. The Morgan fingerprint density at radius 2 is 0.970 bits per heavy atom. The van der Waals surface area contributed by atoms with Gasteiger partial charge in [0.1, 0.15) is 10.1 Å². The minimum Gasteiger partial charge on any atom is -0.744 e. The Balaban J connectivity index is 0. The molecule has 0 unspecified atom stereocenters. The van der Waals surface area contributed by atoms with Crippen LogP contribution in [0.1, 0.15) is 31.8 Å². The monoisotopic (exact) mass is 580 g/mol. The first-order valence-corrected chi connectivity index (χ1v) is 11.3. The Bertz CT molecular complexity index is 1320. The van der Waals surface area contributed by atoms with Crippen LogP contribution in [0.2, 0.25) is 0 Å². The average Bonchev–Trinajstić information content (AvgIpc) is 2.63. The van der Waals surface area contributed by atoms with Crippen LogP contribution in [0.5, 0.6) is 0 Å². The molecule has 162 valence electrons. The van der Waals surface area contributed by atoms with Crippen LogP contribution < -0.4 is 132 Å². The van der Waals surface area contributed by atoms with E-state index in [2.05, 4.69) is 8.67 Å². The zero-order valence-corrected chi connectivity index (χ0v) is 27.8. The van der Waals surface area contributed by atoms with Crippen molar-refractivity contribution in [1.82, 2.24) is 0 Å². The quantitative estimate of drug-likeness (QED) is 0.0920. The van der Waals surface area contributed by atoms with Crippen LogP contribution in [0.15, 0.2) is 47.4 Å². The largest absolute Gasteiger partial charge is 1.00 e. The van der Waals surface area contributed by atoms with Gasteiger partial charge in [-0.3, -0.25) is 9.59 Å². The molecule has 0 N–H and O–H groups in total. The van der Waals surface area contributed by atoms with E-state index >= 15 is 0 Å². The summed E-state index contributed by atoms with van der Waals surface area (Å²) in [5.41, 5.74) is 0.555. The third-order valence-electron chi connectivity index (χ3n) is 3.38. The molecule has 3 rings (SSSR count). The molecule has 0 radical (unpaired) electrons. The van der Waals surface area contributed by atoms with E-state index < -0.39 is 41.6 Å². The van der Waals surface area contributed by atoms with E-state index in [4.69, 9.17) is 0 Å². The van der Waals surface area contributed by atoms with E-state index in [1.54, 1.807) is 12.1 Å². The summed E-state index contributed by atoms with van der Waals surface area (Å²) in [7, 11) is -15.3. The van der Waals surface area contributed by atoms with E-state index in [-0.39, 0.29) is 160 Å². The van der Waals surface area contributed by atoms with Crippen molar-refractivity contribution < 1.29 is 189 Å². The number of hydrogen-bond acceptors (Lipinski definition) is 13. The summed E-state index contributed by atoms with van der Waals surface area (Å²) in [5, 5.41) is 0. The van der Waals surface area contributed by atoms with Gasteiger partial charge < -0.3 is 13.7 Å². The predicted molar refractivity (Wildman–Crippen MR) is 89.3 cm³/mol. The summed E-state index contributed by atoms with van der Waals surface area (Å²) in [6.45, 7) is 0. The van der Waals surface area contributed by atoms with Gasteiger partial charge in [-0.15, -0.1) is 8.67 Å². The molecular weight excluding hydrogens is 574 g/mol. The summed E-state index contributed by atoms with van der Waals surface area (Å²) in [5.74, 6) is -0.814. The molecule has 0 spiro atoms. The molecule has 0 aromatic heterocycles. The molecule has 1 aliphatic carbocycles. The summed E-state index contributed by atoms with van der Waals surface area (Å²) in [6, 6.07) is 9.51. The van der Waals surface area contributed by atoms with Crippen LogP contribution >= 0.6 is 0 Å². The summed E-state index contributed by atoms with van der Waals surface area (Å²) in [6.07, 6.45) is 0. The molecule has 0 amide bonds. The second-order valence-corrected chi connectivity index (χ2v) is 8.60. The van der Waals surface area contributed by atoms with Gasteiger partial charge in [-0.05, 0) is 18.2 Å². The molecule has 2 aromatic carbocycles. The predicted octanol–water partition coefficient (Wildman–Crippen LogP) is -9.77. The maximum atomic E-state index is 12.3. The van der Waals surface area contributed by atoms with Crippen molar-refractivity contribution in [3.05, 3.63) is 64.7 Å². The standard InChI is InChI=1S/C14H8O5S.2K.Na.H2O8S2/c15-13-9-3-1-2-4-10(9)14(16)12-7-8(20(17,18)19)5-6-11(12)13;;;;1-9(2,3)7-8-10(4,5)6/h1-7H,(H,17,18,19);;;;(H,1,2,3)(H,4,5,6)/q;3*+1;/p-3. The first kappa shape index (κ1) is 36.9. The Morgan fingerprint density at radius 1 is 0.606 bits per heavy atom. The van der Waals surface area contributed by atoms with Gasteiger partial charge in [0.05, 0.1) is 4.90 Å². The Morgan fingerprint density at radius 3 is 1.33 bits per heavy atom. The normalized spacial score (nSPS) is 12.5. The van der Waals surface area contributed by atoms with Crippen molar-refractivity contribution in [3.63, 3.8) is 0 Å². The fourth-order valence-corrected chi connectivity index (χ4v) is 3.34. The van der Waals surface area contributed by atoms with Crippen molar-refractivity contribution in [1.29, 1.82) is 0 Å². The molecule has 33 heavy (non-hydrogen) atoms. The Hall–Kier alpha value is 1.70. The number of benzene rings is 2. The van der Waals surface area contributed by atoms with Gasteiger partial charge in [-0.1, -0.05) is 24.3 Å². The molecule has 0 bridgehead atoms. The molecule has 0 saturated carbocycles. The second-order valence-electron chi connectivity index (χ2n) is 5.32. The summed E-state index contributed by atoms with van der Waals surface area (Å²) < 4.78 is 94.5. The van der Waals surface area contributed by atoms with E-state index in [1.165, 1.54) is 18.2 Å². The SMILES string of the molecule is O=C1c2ccccc2C(=O)c2cc(S(=O)(=O)[O-])ccc21.O=S(=O)([O-])OOS(=O)(=O)[O-].[K+].[K+].[Na+]. The van der Waals surface area contributed by atoms with Crippen LogP contribution in [-0.4, -0.2) is 50.5 Å². The van der Waals surface area contributed by atoms with Crippen molar-refractivity contribution >= 4 is 42.5 Å². The average molecular weight is 581 g/mol. The van der Waals surface area contributed by atoms with Gasteiger partial charge in [0.25, 0.3) is 0 Å². The smallest absolute Gasteiger partial charge is 0.744 e. The van der Waals surface area contributed by atoms with Crippen molar-refractivity contribution in [2.75, 3.05) is 0 Å². The zero-order valence-electron chi connectivity index (χ0n) is 17.1. The first-order chi connectivity index (χ1) is 13.6. The number of rotatable bonds is 4. The van der Waals surface area contributed by atoms with Crippen molar-refractivity contribution in [2.24, 2.45) is 0 Å². The van der Waals surface area contributed by atoms with Crippen LogP contribution in [0, 0.1) is 0 Å². The summed E-state index contributed by atoms with van der Waals surface area (Å²) >= 11 is 0. The van der Waals surface area contributed by atoms with Gasteiger partial charge in [0.15, 0.2) is 11.6 Å². The number of fused-ring (bicyclic) bond motifs is 2. The first-order valence-electron chi connectivity index (χ1n) is 7.18. The molecule has 13 nitrogen and oxygen atoms in total. The topological polar surface area (TPSA) is 224 Å². The number of hydrogen-bond donors (Lipinski definition) is 0. The maximum Gasteiger partial charge on any atom is 1.00 e. The molecule has 0 saturated heterocycles. The van der Waals surface area contributed by atoms with Gasteiger partial charge in [0, 0.05) is 22.3 Å². The van der Waals surface area contributed by atoms with Gasteiger partial charge in [-0.25, -0.2) is 25.3 Å². The zero-order chi connectivity index (χ0) is 22.9. The van der Waals surface area contributed by atoms with Gasteiger partial charge >= 0.3 is 132 Å². The summed E-state index contributed by atoms with van der Waals surface area (Å²) in [4.78, 5) is 24.0. The molecule has 0 heterocycles. The van der Waals surface area contributed by atoms with E-state index in [9.17, 15) is 48.5 Å². The Labute approximate surface area is 295 Å². The number of carbonyl (C=O) groups excluding carboxylic acids is 2. The van der Waals surface area contributed by atoms with E-state index in [0.29, 0.717) is 0 Å². The van der Waals surface area contributed by atoms with Crippen molar-refractivity contribution in [2.45, 2.75) is 4.90 Å². The van der Waals surface area contributed by atoms with Crippen LogP contribution in [0.3, 0.4) is 0 Å². The maximum absolute atomic E-state index is 12.3. The fraction of sp³-hybridized carbons (Fsp3) is 0. The van der Waals surface area contributed by atoms with E-state index in [0.717, 1.165) is 12.1 Å². The molecule has 2 aromatic rings. The van der Waals surface area contributed by atoms with Crippen LogP contribution in [0.4, 0.5) is 0 Å². The third kappa shape index (κ3) is 11.3. The molecular formula is C14H7K2NaO13S3. The van der Waals surface area contributed by atoms with Crippen molar-refractivity contribution in [3.8, 4) is 0 Å². The fourth-order valence-electron chi connectivity index (χ4n) is 2.30. The molecule has 0 aliphatic heterocycles. The Kier molecular flexibility index (Phi) is 16.3. The van der Waals surface area contributed by atoms with Gasteiger partial charge in [-0.2, -0.15) is 0 Å². The van der Waals surface area contributed by atoms with Gasteiger partial charge in [0.2, 0.25) is 20.8 Å². The number of carbonyl (C=O) groups is 2. The molecule has 1 aliphatic rings. The van der Waals surface area contributed by atoms with Crippen LogP contribution in [-0.2, 0) is 39.6 Å². The minimum absolute atomic E-state index is 0. The molecule has 19 heteroatoms. The van der Waals surface area contributed by atoms with E-state index in [1.807, 2.05) is 0 Å². The molecule has 0 atom stereocenters. The molecule has 0 fully saturated rings.